The minimum atomic E-state index is -0.271. The molecule has 1 aromatic rings. The van der Waals surface area contributed by atoms with Crippen LogP contribution in [-0.2, 0) is 4.79 Å². The molecule has 0 bridgehead atoms. The Morgan fingerprint density at radius 2 is 1.90 bits per heavy atom. The van der Waals surface area contributed by atoms with Crippen LogP contribution >= 0.6 is 11.8 Å². The number of anilines is 2. The van der Waals surface area contributed by atoms with Crippen LogP contribution in [0.4, 0.5) is 16.2 Å². The largest absolute Gasteiger partial charge is 0.341 e. The molecule has 7 heteroatoms. The van der Waals surface area contributed by atoms with E-state index in [2.05, 4.69) is 21.3 Å². The van der Waals surface area contributed by atoms with Crippen LogP contribution in [0, 0.1) is 0 Å². The molecule has 3 amide bonds. The fourth-order valence-electron chi connectivity index (χ4n) is 2.02. The van der Waals surface area contributed by atoms with Gasteiger partial charge in [-0.25, -0.2) is 4.79 Å². The van der Waals surface area contributed by atoms with E-state index in [9.17, 15) is 9.59 Å². The predicted octanol–water partition coefficient (Wildman–Crippen LogP) is 1.47. The molecular formula is C14H20N4O2S. The Bertz CT molecular complexity index is 486. The molecule has 0 saturated carbocycles. The number of carbonyl (C=O) groups excluding carboxylic acids is 2. The van der Waals surface area contributed by atoms with E-state index in [1.54, 1.807) is 31.3 Å². The molecule has 1 fully saturated rings. The van der Waals surface area contributed by atoms with Crippen LogP contribution in [0.5, 0.6) is 0 Å². The molecule has 2 rings (SSSR count). The highest BCUT2D eigenvalue weighted by Crippen LogP contribution is 2.15. The number of hydrogen-bond donors (Lipinski definition) is 4. The van der Waals surface area contributed by atoms with Gasteiger partial charge in [-0.3, -0.25) is 4.79 Å². The van der Waals surface area contributed by atoms with E-state index in [1.165, 1.54) is 0 Å². The van der Waals surface area contributed by atoms with Gasteiger partial charge in [-0.15, -0.1) is 0 Å². The van der Waals surface area contributed by atoms with Gasteiger partial charge in [0, 0.05) is 48.9 Å². The van der Waals surface area contributed by atoms with Gasteiger partial charge in [-0.05, 0) is 24.3 Å². The van der Waals surface area contributed by atoms with Gasteiger partial charge in [0.15, 0.2) is 0 Å². The zero-order valence-corrected chi connectivity index (χ0v) is 12.8. The summed E-state index contributed by atoms with van der Waals surface area (Å²) in [6.45, 7) is 0.961. The summed E-state index contributed by atoms with van der Waals surface area (Å²) in [5.74, 6) is 2.09. The fraction of sp³-hybridized carbons (Fsp3) is 0.429. The van der Waals surface area contributed by atoms with E-state index < -0.39 is 0 Å². The second-order valence-electron chi connectivity index (χ2n) is 4.76. The lowest BCUT2D eigenvalue weighted by Crippen LogP contribution is -2.39. The lowest BCUT2D eigenvalue weighted by Gasteiger charge is -2.22. The monoisotopic (exact) mass is 308 g/mol. The van der Waals surface area contributed by atoms with Crippen LogP contribution in [0.25, 0.3) is 0 Å². The predicted molar refractivity (Wildman–Crippen MR) is 86.9 cm³/mol. The molecular weight excluding hydrogens is 288 g/mol. The van der Waals surface area contributed by atoms with Crippen molar-refractivity contribution in [3.05, 3.63) is 24.3 Å². The first-order valence-corrected chi connectivity index (χ1v) is 8.02. The molecule has 1 saturated heterocycles. The molecule has 1 heterocycles. The van der Waals surface area contributed by atoms with Gasteiger partial charge in [0.25, 0.3) is 0 Å². The smallest absolute Gasteiger partial charge is 0.318 e. The molecule has 1 atom stereocenters. The van der Waals surface area contributed by atoms with Crippen molar-refractivity contribution >= 4 is 35.1 Å². The number of benzene rings is 1. The lowest BCUT2D eigenvalue weighted by atomic mass is 10.2. The molecule has 1 aliphatic heterocycles. The Balaban J connectivity index is 1.81. The summed E-state index contributed by atoms with van der Waals surface area (Å²) in [5.41, 5.74) is 1.41. The Morgan fingerprint density at radius 1 is 1.24 bits per heavy atom. The number of nitrogens with one attached hydrogen (secondary N) is 4. The van der Waals surface area contributed by atoms with Crippen LogP contribution in [0.2, 0.25) is 0 Å². The summed E-state index contributed by atoms with van der Waals surface area (Å²) in [7, 11) is 1.56. The summed E-state index contributed by atoms with van der Waals surface area (Å²) >= 11 is 1.87. The highest BCUT2D eigenvalue weighted by Gasteiger charge is 2.16. The van der Waals surface area contributed by atoms with Gasteiger partial charge < -0.3 is 21.3 Å². The lowest BCUT2D eigenvalue weighted by molar-refractivity contribution is -0.116. The van der Waals surface area contributed by atoms with Crippen LogP contribution in [0.1, 0.15) is 6.42 Å². The van der Waals surface area contributed by atoms with E-state index >= 15 is 0 Å². The second kappa shape index (κ2) is 7.90. The second-order valence-corrected chi connectivity index (χ2v) is 5.91. The molecule has 0 spiro atoms. The first-order chi connectivity index (χ1) is 10.2. The van der Waals surface area contributed by atoms with Gasteiger partial charge >= 0.3 is 6.03 Å². The normalized spacial score (nSPS) is 17.9. The Hall–Kier alpha value is -1.73. The van der Waals surface area contributed by atoms with Crippen LogP contribution in [-0.4, -0.2) is 43.1 Å². The standard InChI is InChI=1S/C14H20N4O2S/c1-15-14(20)18-11-4-2-10(3-5-11)17-13(19)8-12-9-21-7-6-16-12/h2-5,12,16H,6-9H2,1H3,(H,17,19)(H2,15,18,20). The zero-order chi connectivity index (χ0) is 15.1. The number of hydrogen-bond acceptors (Lipinski definition) is 4. The van der Waals surface area contributed by atoms with E-state index in [0.717, 1.165) is 23.7 Å². The highest BCUT2D eigenvalue weighted by atomic mass is 32.2. The van der Waals surface area contributed by atoms with Gasteiger partial charge in [0.05, 0.1) is 0 Å². The third-order valence-electron chi connectivity index (χ3n) is 3.08. The average molecular weight is 308 g/mol. The SMILES string of the molecule is CNC(=O)Nc1ccc(NC(=O)CC2CSCCN2)cc1. The molecule has 0 radical (unpaired) electrons. The Labute approximate surface area is 128 Å². The van der Waals surface area contributed by atoms with E-state index in [4.69, 9.17) is 0 Å². The molecule has 4 N–H and O–H groups in total. The summed E-state index contributed by atoms with van der Waals surface area (Å²) in [6, 6.07) is 7.02. The number of amides is 3. The first-order valence-electron chi connectivity index (χ1n) is 6.87. The van der Waals surface area contributed by atoms with Crippen molar-refractivity contribution in [3.8, 4) is 0 Å². The molecule has 1 unspecified atom stereocenters. The summed E-state index contributed by atoms with van der Waals surface area (Å²) in [5, 5.41) is 11.3. The topological polar surface area (TPSA) is 82.3 Å². The summed E-state index contributed by atoms with van der Waals surface area (Å²) in [4.78, 5) is 23.1. The van der Waals surface area contributed by atoms with Crippen molar-refractivity contribution in [3.63, 3.8) is 0 Å². The van der Waals surface area contributed by atoms with Crippen molar-refractivity contribution in [2.24, 2.45) is 0 Å². The van der Waals surface area contributed by atoms with Gasteiger partial charge in [0.2, 0.25) is 5.91 Å². The van der Waals surface area contributed by atoms with E-state index in [0.29, 0.717) is 12.1 Å². The number of thioether (sulfide) groups is 1. The molecule has 1 aliphatic rings. The first kappa shape index (κ1) is 15.7. The van der Waals surface area contributed by atoms with Gasteiger partial charge in [-0.2, -0.15) is 11.8 Å². The number of rotatable bonds is 4. The molecule has 114 valence electrons. The average Bonchev–Trinajstić information content (AvgIpc) is 2.50. The maximum absolute atomic E-state index is 11.9. The van der Waals surface area contributed by atoms with Gasteiger partial charge in [0.1, 0.15) is 0 Å². The third kappa shape index (κ3) is 5.28. The van der Waals surface area contributed by atoms with Crippen molar-refractivity contribution in [1.29, 1.82) is 0 Å². The molecule has 6 nitrogen and oxygen atoms in total. The maximum Gasteiger partial charge on any atom is 0.318 e. The molecule has 21 heavy (non-hydrogen) atoms. The van der Waals surface area contributed by atoms with Crippen LogP contribution < -0.4 is 21.3 Å². The summed E-state index contributed by atoms with van der Waals surface area (Å²) in [6.07, 6.45) is 0.477. The third-order valence-corrected chi connectivity index (χ3v) is 4.21. The minimum Gasteiger partial charge on any atom is -0.341 e. The number of urea groups is 1. The molecule has 0 aliphatic carbocycles. The quantitative estimate of drug-likeness (QED) is 0.679. The zero-order valence-electron chi connectivity index (χ0n) is 11.9. The van der Waals surface area contributed by atoms with E-state index in [-0.39, 0.29) is 18.0 Å². The van der Waals surface area contributed by atoms with Crippen LogP contribution in [0.3, 0.4) is 0 Å². The van der Waals surface area contributed by atoms with Crippen molar-refractivity contribution in [2.45, 2.75) is 12.5 Å². The van der Waals surface area contributed by atoms with Crippen LogP contribution in [0.15, 0.2) is 24.3 Å². The molecule has 0 aromatic heterocycles. The Kier molecular flexibility index (Phi) is 5.89. The fourth-order valence-corrected chi connectivity index (χ4v) is 2.97. The minimum absolute atomic E-state index is 0.00186. The van der Waals surface area contributed by atoms with E-state index in [1.807, 2.05) is 11.8 Å². The number of carbonyl (C=O) groups is 2. The van der Waals surface area contributed by atoms with Gasteiger partial charge in [-0.1, -0.05) is 0 Å². The van der Waals surface area contributed by atoms with Crippen molar-refractivity contribution in [1.82, 2.24) is 10.6 Å². The summed E-state index contributed by atoms with van der Waals surface area (Å²) < 4.78 is 0. The molecule has 1 aromatic carbocycles. The van der Waals surface area contributed by atoms with Crippen molar-refractivity contribution < 1.29 is 9.59 Å². The Morgan fingerprint density at radius 3 is 2.48 bits per heavy atom. The maximum atomic E-state index is 11.9. The van der Waals surface area contributed by atoms with Crippen molar-refractivity contribution in [2.75, 3.05) is 35.7 Å². The highest BCUT2D eigenvalue weighted by molar-refractivity contribution is 7.99.